The van der Waals surface area contributed by atoms with E-state index in [0.717, 1.165) is 0 Å². The van der Waals surface area contributed by atoms with Crippen molar-refractivity contribution >= 4 is 17.0 Å². The molecule has 0 aliphatic carbocycles. The number of halogens is 1. The number of rotatable bonds is 0. The summed E-state index contributed by atoms with van der Waals surface area (Å²) in [7, 11) is 0. The van der Waals surface area contributed by atoms with Crippen LogP contribution < -0.4 is 0 Å². The second kappa shape index (κ2) is 10.3. The van der Waals surface area contributed by atoms with Crippen LogP contribution in [0.3, 0.4) is 0 Å². The van der Waals surface area contributed by atoms with E-state index >= 15 is 0 Å². The smallest absolute Gasteiger partial charge is 0.0623 e. The summed E-state index contributed by atoms with van der Waals surface area (Å²) >= 11 is 0. The minimum absolute atomic E-state index is 0. The first kappa shape index (κ1) is 11.1. The van der Waals surface area contributed by atoms with Crippen LogP contribution >= 0.6 is 17.0 Å². The molecule has 0 fully saturated rings. The molecule has 0 bridgehead atoms. The Morgan fingerprint density at radius 1 is 0.556 bits per heavy atom. The number of hydrogen-bond donors (Lipinski definition) is 0. The first-order valence-corrected chi connectivity index (χ1v) is 2.33. The first-order valence-electron chi connectivity index (χ1n) is 2.33. The third-order valence-electron chi connectivity index (χ3n) is 0.667. The Morgan fingerprint density at radius 3 is 0.778 bits per heavy atom. The van der Waals surface area contributed by atoms with Gasteiger partial charge in [-0.05, 0) is 0 Å². The van der Waals surface area contributed by atoms with Crippen LogP contribution in [0.4, 0.5) is 0 Å². The zero-order valence-corrected chi connectivity index (χ0v) is 6.74. The Morgan fingerprint density at radius 2 is 0.667 bits per heavy atom. The van der Waals surface area contributed by atoms with Gasteiger partial charge in [0.15, 0.2) is 0 Å². The number of benzene rings is 1. The van der Waals surface area contributed by atoms with E-state index in [1.54, 1.807) is 0 Å². The van der Waals surface area contributed by atoms with Crippen molar-refractivity contribution in [3.05, 3.63) is 36.4 Å². The molecule has 0 N–H and O–H groups in total. The molecule has 9 heavy (non-hydrogen) atoms. The van der Waals surface area contributed by atoms with Crippen LogP contribution in [0.2, 0.25) is 0 Å². The zero-order valence-electron chi connectivity index (χ0n) is 5.03. The molecule has 1 aromatic rings. The molecule has 0 atom stereocenters. The second-order valence-corrected chi connectivity index (χ2v) is 1.15. The highest BCUT2D eigenvalue weighted by atomic mass is 79.9. The van der Waals surface area contributed by atoms with Crippen LogP contribution in [-0.4, -0.2) is 0 Å². The van der Waals surface area contributed by atoms with Crippen LogP contribution in [0.1, 0.15) is 0 Å². The van der Waals surface area contributed by atoms with Gasteiger partial charge in [-0.1, -0.05) is 36.4 Å². The summed E-state index contributed by atoms with van der Waals surface area (Å²) in [5, 5.41) is 0. The fourth-order valence-corrected chi connectivity index (χ4v) is 0.385. The Bertz CT molecular complexity index is 105. The van der Waals surface area contributed by atoms with Gasteiger partial charge in [-0.3, -0.25) is 0 Å². The monoisotopic (exact) mass is 184 g/mol. The molecule has 0 aliphatic heterocycles. The Hall–Kier alpha value is -0.740. The number of terminal acetylenes is 1. The van der Waals surface area contributed by atoms with E-state index in [1.807, 2.05) is 36.4 Å². The first-order chi connectivity index (χ1) is 4.00. The predicted octanol–water partition coefficient (Wildman–Crippen LogP) is 2.51. The van der Waals surface area contributed by atoms with Crippen LogP contribution in [0.15, 0.2) is 36.4 Å². The Kier molecular flexibility index (Phi) is 12.7. The minimum atomic E-state index is 0. The number of hydrogen-bond acceptors (Lipinski definition) is 0. The van der Waals surface area contributed by atoms with Gasteiger partial charge in [0.25, 0.3) is 0 Å². The van der Waals surface area contributed by atoms with Gasteiger partial charge < -0.3 is 0 Å². The van der Waals surface area contributed by atoms with Crippen LogP contribution in [0, 0.1) is 12.8 Å². The molecule has 0 heterocycles. The lowest BCUT2D eigenvalue weighted by Gasteiger charge is -1.69. The molecule has 0 nitrogen and oxygen atoms in total. The Labute approximate surface area is 66.7 Å². The molecule has 0 saturated carbocycles. The fraction of sp³-hybridized carbons (Fsp3) is 0. The van der Waals surface area contributed by atoms with E-state index in [4.69, 9.17) is 0 Å². The highest BCUT2D eigenvalue weighted by Crippen LogP contribution is 1.79. The van der Waals surface area contributed by atoms with Crippen molar-refractivity contribution in [1.29, 1.82) is 0 Å². The summed E-state index contributed by atoms with van der Waals surface area (Å²) in [6.07, 6.45) is 8.00. The lowest BCUT2D eigenvalue weighted by Crippen LogP contribution is -1.47. The highest BCUT2D eigenvalue weighted by molar-refractivity contribution is 8.93. The molecule has 0 aromatic heterocycles. The third kappa shape index (κ3) is 7.26. The maximum Gasteiger partial charge on any atom is -0.0623 e. The van der Waals surface area contributed by atoms with Gasteiger partial charge in [-0.25, -0.2) is 0 Å². The van der Waals surface area contributed by atoms with Crippen LogP contribution in [-0.2, 0) is 0 Å². The lowest BCUT2D eigenvalue weighted by atomic mass is 10.4. The third-order valence-corrected chi connectivity index (χ3v) is 0.667. The van der Waals surface area contributed by atoms with E-state index in [2.05, 4.69) is 12.8 Å². The van der Waals surface area contributed by atoms with Crippen molar-refractivity contribution in [2.45, 2.75) is 0 Å². The molecular weight excluding hydrogens is 176 g/mol. The second-order valence-electron chi connectivity index (χ2n) is 1.15. The standard InChI is InChI=1S/C6H6.C2H2.BrH/c1-2-4-6-5-3-1;1-2;/h1-6H;1-2H;1H. The SMILES string of the molecule is Br.C#C.c1ccccc1. The molecule has 0 aliphatic rings. The van der Waals surface area contributed by atoms with Gasteiger partial charge in [-0.2, -0.15) is 0 Å². The van der Waals surface area contributed by atoms with Gasteiger partial charge in [0.1, 0.15) is 0 Å². The van der Waals surface area contributed by atoms with Crippen molar-refractivity contribution in [2.24, 2.45) is 0 Å². The quantitative estimate of drug-likeness (QED) is 0.544. The molecule has 0 spiro atoms. The molecule has 1 rings (SSSR count). The van der Waals surface area contributed by atoms with E-state index in [9.17, 15) is 0 Å². The van der Waals surface area contributed by atoms with Crippen LogP contribution in [0.25, 0.3) is 0 Å². The highest BCUT2D eigenvalue weighted by Gasteiger charge is 1.57. The normalized spacial score (nSPS) is 5.56. The van der Waals surface area contributed by atoms with E-state index < -0.39 is 0 Å². The molecule has 0 amide bonds. The lowest BCUT2D eigenvalue weighted by molar-refractivity contribution is 1.72. The van der Waals surface area contributed by atoms with Crippen molar-refractivity contribution in [2.75, 3.05) is 0 Å². The van der Waals surface area contributed by atoms with Gasteiger partial charge in [0.05, 0.1) is 0 Å². The fourth-order valence-electron chi connectivity index (χ4n) is 0.385. The molecule has 0 saturated heterocycles. The van der Waals surface area contributed by atoms with Gasteiger partial charge in [0.2, 0.25) is 0 Å². The average molecular weight is 185 g/mol. The molecule has 48 valence electrons. The molecule has 0 unspecified atom stereocenters. The summed E-state index contributed by atoms with van der Waals surface area (Å²) in [5.41, 5.74) is 0. The van der Waals surface area contributed by atoms with Gasteiger partial charge >= 0.3 is 0 Å². The van der Waals surface area contributed by atoms with E-state index in [1.165, 1.54) is 0 Å². The van der Waals surface area contributed by atoms with E-state index in [-0.39, 0.29) is 17.0 Å². The topological polar surface area (TPSA) is 0 Å². The van der Waals surface area contributed by atoms with Crippen molar-refractivity contribution in [1.82, 2.24) is 0 Å². The van der Waals surface area contributed by atoms with Crippen molar-refractivity contribution < 1.29 is 0 Å². The predicted molar refractivity (Wildman–Crippen MR) is 46.7 cm³/mol. The summed E-state index contributed by atoms with van der Waals surface area (Å²) < 4.78 is 0. The molecule has 1 aromatic carbocycles. The summed E-state index contributed by atoms with van der Waals surface area (Å²) in [6.45, 7) is 0. The maximum absolute atomic E-state index is 4.00. The maximum atomic E-state index is 4.00. The molecule has 0 radical (unpaired) electrons. The summed E-state index contributed by atoms with van der Waals surface area (Å²) in [4.78, 5) is 0. The van der Waals surface area contributed by atoms with Gasteiger partial charge in [-0.15, -0.1) is 29.8 Å². The largest absolute Gasteiger partial charge is 0.124 e. The van der Waals surface area contributed by atoms with Crippen LogP contribution in [0.5, 0.6) is 0 Å². The molecule has 1 heteroatoms. The minimum Gasteiger partial charge on any atom is -0.124 e. The Balaban J connectivity index is 0. The van der Waals surface area contributed by atoms with Gasteiger partial charge in [0, 0.05) is 0 Å². The zero-order chi connectivity index (χ0) is 6.24. The molecular formula is C8H9Br. The summed E-state index contributed by atoms with van der Waals surface area (Å²) in [5.74, 6) is 0. The van der Waals surface area contributed by atoms with Crippen molar-refractivity contribution in [3.63, 3.8) is 0 Å². The summed E-state index contributed by atoms with van der Waals surface area (Å²) in [6, 6.07) is 12.0. The average Bonchev–Trinajstić information content (AvgIpc) is 1.96. The van der Waals surface area contributed by atoms with Crippen molar-refractivity contribution in [3.8, 4) is 12.8 Å². The van der Waals surface area contributed by atoms with E-state index in [0.29, 0.717) is 0 Å².